The van der Waals surface area contributed by atoms with Crippen LogP contribution >= 0.6 is 23.4 Å². The largest absolute Gasteiger partial charge is 0.497 e. The molecule has 4 rings (SSSR count). The number of benzene rings is 3. The summed E-state index contributed by atoms with van der Waals surface area (Å²) in [5.74, 6) is 1.15. The van der Waals surface area contributed by atoms with Crippen LogP contribution in [0.4, 0.5) is 5.69 Å². The number of likely N-dealkylation sites (N-methyl/N-ethyl adjacent to an activating group) is 1. The molecule has 0 radical (unpaired) electrons. The number of carbonyl (C=O) groups is 1. The third kappa shape index (κ3) is 5.68. The van der Waals surface area contributed by atoms with Crippen molar-refractivity contribution < 1.29 is 14.3 Å². The Morgan fingerprint density at radius 1 is 1.14 bits per heavy atom. The highest BCUT2D eigenvalue weighted by atomic mass is 35.5. The highest BCUT2D eigenvalue weighted by molar-refractivity contribution is 8.18. The van der Waals surface area contributed by atoms with Crippen LogP contribution < -0.4 is 9.47 Å². The maximum atomic E-state index is 13.0. The molecule has 0 bridgehead atoms. The maximum absolute atomic E-state index is 13.0. The van der Waals surface area contributed by atoms with Crippen molar-refractivity contribution >= 4 is 46.2 Å². The second-order valence-electron chi connectivity index (χ2n) is 7.50. The SMILES string of the molecule is CCN1C(=O)/C(=C\c2ccc(OCc3ccccc3C#N)c(Cl)c2)SC1=Nc1ccc(OC)cc1. The van der Waals surface area contributed by atoms with E-state index >= 15 is 0 Å². The lowest BCUT2D eigenvalue weighted by atomic mass is 10.1. The molecular formula is C27H22ClN3O3S. The van der Waals surface area contributed by atoms with Gasteiger partial charge < -0.3 is 9.47 Å². The number of amides is 1. The second-order valence-corrected chi connectivity index (χ2v) is 8.92. The van der Waals surface area contributed by atoms with Crippen molar-refractivity contribution in [3.63, 3.8) is 0 Å². The van der Waals surface area contributed by atoms with Crippen molar-refractivity contribution in [1.29, 1.82) is 5.26 Å². The van der Waals surface area contributed by atoms with E-state index in [2.05, 4.69) is 11.1 Å². The molecule has 1 fully saturated rings. The fourth-order valence-corrected chi connectivity index (χ4v) is 4.73. The van der Waals surface area contributed by atoms with Crippen molar-refractivity contribution in [1.82, 2.24) is 4.90 Å². The van der Waals surface area contributed by atoms with E-state index in [1.54, 1.807) is 36.3 Å². The lowest BCUT2D eigenvalue weighted by molar-refractivity contribution is -0.122. The van der Waals surface area contributed by atoms with Gasteiger partial charge in [0.05, 0.1) is 34.4 Å². The summed E-state index contributed by atoms with van der Waals surface area (Å²) in [4.78, 5) is 19.8. The fraction of sp³-hybridized carbons (Fsp3) is 0.148. The molecule has 3 aromatic rings. The second kappa shape index (κ2) is 11.1. The summed E-state index contributed by atoms with van der Waals surface area (Å²) in [5.41, 5.74) is 2.86. The zero-order valence-corrected chi connectivity index (χ0v) is 20.8. The number of nitriles is 1. The number of hydrogen-bond acceptors (Lipinski definition) is 6. The number of hydrogen-bond donors (Lipinski definition) is 0. The van der Waals surface area contributed by atoms with Gasteiger partial charge in [0, 0.05) is 12.1 Å². The summed E-state index contributed by atoms with van der Waals surface area (Å²) in [6, 6.07) is 22.1. The molecule has 0 spiro atoms. The lowest BCUT2D eigenvalue weighted by Crippen LogP contribution is -2.28. The smallest absolute Gasteiger partial charge is 0.266 e. The minimum Gasteiger partial charge on any atom is -0.497 e. The average Bonchev–Trinajstić information content (AvgIpc) is 3.17. The monoisotopic (exact) mass is 503 g/mol. The Morgan fingerprint density at radius 2 is 1.91 bits per heavy atom. The molecule has 6 nitrogen and oxygen atoms in total. The van der Waals surface area contributed by atoms with Crippen LogP contribution in [-0.4, -0.2) is 29.6 Å². The van der Waals surface area contributed by atoms with Crippen LogP contribution in [0.1, 0.15) is 23.6 Å². The van der Waals surface area contributed by atoms with Gasteiger partial charge in [-0.15, -0.1) is 0 Å². The van der Waals surface area contributed by atoms with E-state index in [1.165, 1.54) is 11.8 Å². The fourth-order valence-electron chi connectivity index (χ4n) is 3.42. The number of amidine groups is 1. The molecule has 0 aliphatic carbocycles. The van der Waals surface area contributed by atoms with Gasteiger partial charge >= 0.3 is 0 Å². The van der Waals surface area contributed by atoms with E-state index in [1.807, 2.05) is 55.5 Å². The van der Waals surface area contributed by atoms with Crippen LogP contribution in [0.3, 0.4) is 0 Å². The van der Waals surface area contributed by atoms with Crippen LogP contribution in [0.2, 0.25) is 5.02 Å². The summed E-state index contributed by atoms with van der Waals surface area (Å²) < 4.78 is 11.0. The number of aliphatic imine (C=N–C) groups is 1. The predicted octanol–water partition coefficient (Wildman–Crippen LogP) is 6.42. The minimum absolute atomic E-state index is 0.102. The molecule has 0 N–H and O–H groups in total. The summed E-state index contributed by atoms with van der Waals surface area (Å²) in [6.45, 7) is 2.66. The Bertz CT molecular complexity index is 1350. The molecule has 3 aromatic carbocycles. The van der Waals surface area contributed by atoms with E-state index in [-0.39, 0.29) is 12.5 Å². The quantitative estimate of drug-likeness (QED) is 0.347. The molecule has 8 heteroatoms. The first-order valence-corrected chi connectivity index (χ1v) is 12.1. The maximum Gasteiger partial charge on any atom is 0.266 e. The predicted molar refractivity (Wildman–Crippen MR) is 140 cm³/mol. The van der Waals surface area contributed by atoms with E-state index < -0.39 is 0 Å². The Hall–Kier alpha value is -3.73. The number of nitrogens with zero attached hydrogens (tertiary/aromatic N) is 3. The van der Waals surface area contributed by atoms with E-state index in [4.69, 9.17) is 21.1 Å². The molecule has 0 aromatic heterocycles. The lowest BCUT2D eigenvalue weighted by Gasteiger charge is -2.12. The Labute approximate surface area is 213 Å². The molecule has 0 saturated carbocycles. The summed E-state index contributed by atoms with van der Waals surface area (Å²) in [6.07, 6.45) is 1.80. The minimum atomic E-state index is -0.102. The summed E-state index contributed by atoms with van der Waals surface area (Å²) in [5, 5.41) is 10.3. The van der Waals surface area contributed by atoms with Crippen molar-refractivity contribution in [3.8, 4) is 17.6 Å². The first kappa shape index (κ1) is 24.4. The average molecular weight is 504 g/mol. The Balaban J connectivity index is 1.51. The molecule has 1 aliphatic rings. The van der Waals surface area contributed by atoms with Gasteiger partial charge in [0.15, 0.2) is 5.17 Å². The molecular weight excluding hydrogens is 482 g/mol. The zero-order valence-electron chi connectivity index (χ0n) is 19.2. The topological polar surface area (TPSA) is 74.9 Å². The van der Waals surface area contributed by atoms with Gasteiger partial charge in [-0.05, 0) is 72.8 Å². The number of halogens is 1. The highest BCUT2D eigenvalue weighted by Crippen LogP contribution is 2.35. The van der Waals surface area contributed by atoms with Gasteiger partial charge in [-0.1, -0.05) is 35.9 Å². The Kier molecular flexibility index (Phi) is 7.76. The first-order valence-electron chi connectivity index (χ1n) is 10.9. The first-order chi connectivity index (χ1) is 17.0. The van der Waals surface area contributed by atoms with Gasteiger partial charge in [-0.2, -0.15) is 5.26 Å². The van der Waals surface area contributed by atoms with Crippen LogP contribution in [0.15, 0.2) is 76.6 Å². The number of carbonyl (C=O) groups excluding carboxylic acids is 1. The van der Waals surface area contributed by atoms with E-state index in [0.29, 0.717) is 33.0 Å². The third-order valence-electron chi connectivity index (χ3n) is 5.28. The van der Waals surface area contributed by atoms with Crippen LogP contribution in [0, 0.1) is 11.3 Å². The van der Waals surface area contributed by atoms with Gasteiger partial charge in [-0.25, -0.2) is 4.99 Å². The standard InChI is InChI=1S/C27H22ClN3O3S/c1-3-31-26(32)25(35-27(31)30-21-9-11-22(33-2)12-10-21)15-18-8-13-24(23(28)14-18)34-17-20-7-5-4-6-19(20)16-29/h4-15H,3,17H2,1-2H3/b25-15+,30-27?. The van der Waals surface area contributed by atoms with Crippen LogP contribution in [-0.2, 0) is 11.4 Å². The van der Waals surface area contributed by atoms with Crippen molar-refractivity contribution in [2.24, 2.45) is 4.99 Å². The molecule has 35 heavy (non-hydrogen) atoms. The van der Waals surface area contributed by atoms with Gasteiger partial charge in [0.2, 0.25) is 0 Å². The van der Waals surface area contributed by atoms with Gasteiger partial charge in [0.25, 0.3) is 5.91 Å². The van der Waals surface area contributed by atoms with Gasteiger partial charge in [-0.3, -0.25) is 9.69 Å². The van der Waals surface area contributed by atoms with Crippen LogP contribution in [0.25, 0.3) is 6.08 Å². The number of methoxy groups -OCH3 is 1. The third-order valence-corrected chi connectivity index (χ3v) is 6.58. The molecule has 1 amide bonds. The van der Waals surface area contributed by atoms with Crippen molar-refractivity contribution in [2.75, 3.05) is 13.7 Å². The Morgan fingerprint density at radius 3 is 2.60 bits per heavy atom. The molecule has 1 heterocycles. The van der Waals surface area contributed by atoms with Crippen molar-refractivity contribution in [3.05, 3.63) is 93.3 Å². The van der Waals surface area contributed by atoms with Crippen molar-refractivity contribution in [2.45, 2.75) is 13.5 Å². The number of rotatable bonds is 7. The van der Waals surface area contributed by atoms with E-state index in [9.17, 15) is 10.1 Å². The van der Waals surface area contributed by atoms with E-state index in [0.717, 1.165) is 22.6 Å². The summed E-state index contributed by atoms with van der Waals surface area (Å²) in [7, 11) is 1.61. The molecule has 0 atom stereocenters. The normalized spacial score (nSPS) is 15.5. The van der Waals surface area contributed by atoms with Gasteiger partial charge in [0.1, 0.15) is 18.1 Å². The molecule has 1 saturated heterocycles. The zero-order chi connectivity index (χ0) is 24.8. The molecule has 1 aliphatic heterocycles. The van der Waals surface area contributed by atoms with Crippen LogP contribution in [0.5, 0.6) is 11.5 Å². The summed E-state index contributed by atoms with van der Waals surface area (Å²) >= 11 is 7.78. The molecule has 0 unspecified atom stereocenters. The number of ether oxygens (including phenoxy) is 2. The number of thioether (sulfide) groups is 1. The molecule has 176 valence electrons. The highest BCUT2D eigenvalue weighted by Gasteiger charge is 2.32.